The molecule has 4 rings (SSSR count). The van der Waals surface area contributed by atoms with Crippen molar-refractivity contribution in [3.63, 3.8) is 0 Å². The number of benzene rings is 2. The molecule has 31 heavy (non-hydrogen) atoms. The lowest BCUT2D eigenvalue weighted by molar-refractivity contribution is -0.286. The normalized spacial score (nSPS) is 13.5. The van der Waals surface area contributed by atoms with Gasteiger partial charge < -0.3 is 24.8 Å². The summed E-state index contributed by atoms with van der Waals surface area (Å²) < 4.78 is 39.6. The van der Waals surface area contributed by atoms with E-state index in [1.54, 1.807) is 0 Å². The van der Waals surface area contributed by atoms with Crippen molar-refractivity contribution in [1.29, 1.82) is 0 Å². The van der Waals surface area contributed by atoms with E-state index in [1.807, 2.05) is 30.3 Å². The first-order valence-corrected chi connectivity index (χ1v) is 9.86. The van der Waals surface area contributed by atoms with Gasteiger partial charge >= 0.3 is 12.3 Å². The van der Waals surface area contributed by atoms with Gasteiger partial charge in [0.1, 0.15) is 0 Å². The number of nitrogens with one attached hydrogen (secondary N) is 2. The summed E-state index contributed by atoms with van der Waals surface area (Å²) in [7, 11) is 0. The summed E-state index contributed by atoms with van der Waals surface area (Å²) in [4.78, 5) is 28.2. The molecule has 2 heterocycles. The number of anilines is 2. The molecule has 1 aliphatic rings. The van der Waals surface area contributed by atoms with E-state index in [1.165, 1.54) is 34.9 Å². The summed E-state index contributed by atoms with van der Waals surface area (Å²) in [5.74, 6) is -1.77. The quantitative estimate of drug-likeness (QED) is 0.531. The molecule has 0 saturated heterocycles. The number of aromatic nitrogens is 1. The van der Waals surface area contributed by atoms with Crippen LogP contribution in [0.5, 0.6) is 11.5 Å². The van der Waals surface area contributed by atoms with Crippen LogP contribution in [0.2, 0.25) is 0 Å². The van der Waals surface area contributed by atoms with Crippen molar-refractivity contribution in [2.24, 2.45) is 0 Å². The summed E-state index contributed by atoms with van der Waals surface area (Å²) in [5, 5.41) is 7.59. The number of esters is 1. The first kappa shape index (κ1) is 20.5. The first-order chi connectivity index (χ1) is 14.9. The third kappa shape index (κ3) is 5.25. The SMILES string of the molecule is O=C(COC(=O)c1csc(NCc2ccccc2)n1)Nc1ccc2c(c1)OC(F)(F)O2. The van der Waals surface area contributed by atoms with Gasteiger partial charge in [0.25, 0.3) is 5.91 Å². The van der Waals surface area contributed by atoms with E-state index in [4.69, 9.17) is 4.74 Å². The topological polar surface area (TPSA) is 98.8 Å². The Bertz CT molecular complexity index is 1110. The van der Waals surface area contributed by atoms with E-state index in [9.17, 15) is 18.4 Å². The monoisotopic (exact) mass is 447 g/mol. The number of rotatable bonds is 7. The Kier molecular flexibility index (Phi) is 5.67. The number of alkyl halides is 2. The fraction of sp³-hybridized carbons (Fsp3) is 0.150. The van der Waals surface area contributed by atoms with E-state index < -0.39 is 24.8 Å². The van der Waals surface area contributed by atoms with E-state index >= 15 is 0 Å². The van der Waals surface area contributed by atoms with Gasteiger partial charge in [-0.15, -0.1) is 20.1 Å². The smallest absolute Gasteiger partial charge is 0.451 e. The zero-order valence-corrected chi connectivity index (χ0v) is 16.6. The van der Waals surface area contributed by atoms with Crippen LogP contribution in [0.15, 0.2) is 53.9 Å². The third-order valence-corrected chi connectivity index (χ3v) is 4.82. The maximum Gasteiger partial charge on any atom is 0.586 e. The van der Waals surface area contributed by atoms with E-state index in [2.05, 4.69) is 25.1 Å². The van der Waals surface area contributed by atoms with Crippen molar-refractivity contribution >= 4 is 34.0 Å². The molecular formula is C20H15F2N3O5S. The number of halogens is 2. The summed E-state index contributed by atoms with van der Waals surface area (Å²) in [6, 6.07) is 13.5. The second kappa shape index (κ2) is 8.56. The Morgan fingerprint density at radius 3 is 2.68 bits per heavy atom. The number of thiazole rings is 1. The Labute approximate surface area is 178 Å². The van der Waals surface area contributed by atoms with Crippen molar-refractivity contribution in [2.45, 2.75) is 12.8 Å². The van der Waals surface area contributed by atoms with Crippen LogP contribution in [0, 0.1) is 0 Å². The average molecular weight is 447 g/mol. The highest BCUT2D eigenvalue weighted by Crippen LogP contribution is 2.42. The summed E-state index contributed by atoms with van der Waals surface area (Å²) >= 11 is 1.23. The highest BCUT2D eigenvalue weighted by molar-refractivity contribution is 7.13. The first-order valence-electron chi connectivity index (χ1n) is 8.98. The van der Waals surface area contributed by atoms with Gasteiger partial charge in [0.15, 0.2) is 28.9 Å². The lowest BCUT2D eigenvalue weighted by Gasteiger charge is -2.06. The fourth-order valence-electron chi connectivity index (χ4n) is 2.65. The predicted octanol–water partition coefficient (Wildman–Crippen LogP) is 3.87. The number of carbonyl (C=O) groups excluding carboxylic acids is 2. The minimum Gasteiger partial charge on any atom is -0.451 e. The molecule has 0 atom stereocenters. The lowest BCUT2D eigenvalue weighted by Crippen LogP contribution is -2.25. The van der Waals surface area contributed by atoms with Crippen molar-refractivity contribution in [3.05, 3.63) is 65.2 Å². The Hall–Kier alpha value is -3.73. The van der Waals surface area contributed by atoms with Crippen molar-refractivity contribution in [3.8, 4) is 11.5 Å². The molecule has 1 amide bonds. The molecule has 0 spiro atoms. The molecule has 1 aromatic heterocycles. The fourth-order valence-corrected chi connectivity index (χ4v) is 3.33. The van der Waals surface area contributed by atoms with Crippen molar-refractivity contribution in [1.82, 2.24) is 4.98 Å². The molecule has 1 aliphatic heterocycles. The number of hydrogen-bond donors (Lipinski definition) is 2. The molecule has 0 saturated carbocycles. The van der Waals surface area contributed by atoms with Gasteiger partial charge in [-0.1, -0.05) is 30.3 Å². The van der Waals surface area contributed by atoms with Crippen LogP contribution < -0.4 is 20.1 Å². The van der Waals surface area contributed by atoms with Gasteiger partial charge in [-0.2, -0.15) is 0 Å². The van der Waals surface area contributed by atoms with Crippen LogP contribution in [-0.4, -0.2) is 29.8 Å². The largest absolute Gasteiger partial charge is 0.586 e. The van der Waals surface area contributed by atoms with Gasteiger partial charge in [0.05, 0.1) is 0 Å². The number of carbonyl (C=O) groups is 2. The molecule has 2 N–H and O–H groups in total. The highest BCUT2D eigenvalue weighted by atomic mass is 32.1. The summed E-state index contributed by atoms with van der Waals surface area (Å²) in [6.07, 6.45) is -3.75. The molecule has 0 aliphatic carbocycles. The second-order valence-corrected chi connectivity index (χ2v) is 7.19. The third-order valence-electron chi connectivity index (χ3n) is 4.02. The second-order valence-electron chi connectivity index (χ2n) is 6.33. The number of ether oxygens (including phenoxy) is 3. The average Bonchev–Trinajstić information content (AvgIpc) is 3.34. The molecule has 11 heteroatoms. The standard InChI is InChI=1S/C20H15F2N3O5S/c21-20(22)29-15-7-6-13(8-16(15)30-20)24-17(26)10-28-18(27)14-11-31-19(25-14)23-9-12-4-2-1-3-5-12/h1-8,11H,9-10H2,(H,23,25)(H,24,26). The van der Waals surface area contributed by atoms with E-state index in [-0.39, 0.29) is 22.9 Å². The zero-order chi connectivity index (χ0) is 21.8. The van der Waals surface area contributed by atoms with Crippen LogP contribution in [-0.2, 0) is 16.1 Å². The van der Waals surface area contributed by atoms with Gasteiger partial charge in [-0.05, 0) is 17.7 Å². The van der Waals surface area contributed by atoms with Crippen LogP contribution in [0.25, 0.3) is 0 Å². The molecule has 0 unspecified atom stereocenters. The molecule has 8 nitrogen and oxygen atoms in total. The molecule has 160 valence electrons. The minimum absolute atomic E-state index is 0.0682. The van der Waals surface area contributed by atoms with Gasteiger partial charge in [0.2, 0.25) is 0 Å². The molecule has 0 bridgehead atoms. The van der Waals surface area contributed by atoms with E-state index in [0.717, 1.165) is 5.56 Å². The van der Waals surface area contributed by atoms with Crippen LogP contribution in [0.3, 0.4) is 0 Å². The maximum atomic E-state index is 13.0. The molecule has 0 fully saturated rings. The lowest BCUT2D eigenvalue weighted by atomic mass is 10.2. The molecular weight excluding hydrogens is 432 g/mol. The van der Waals surface area contributed by atoms with E-state index in [0.29, 0.717) is 11.7 Å². The summed E-state index contributed by atoms with van der Waals surface area (Å²) in [5.41, 5.74) is 1.31. The minimum atomic E-state index is -3.75. The van der Waals surface area contributed by atoms with Crippen LogP contribution >= 0.6 is 11.3 Å². The zero-order valence-electron chi connectivity index (χ0n) is 15.8. The van der Waals surface area contributed by atoms with Crippen LogP contribution in [0.4, 0.5) is 19.6 Å². The summed E-state index contributed by atoms with van der Waals surface area (Å²) in [6.45, 7) is -0.0273. The molecule has 2 aromatic carbocycles. The Morgan fingerprint density at radius 1 is 1.10 bits per heavy atom. The number of nitrogens with zero attached hydrogens (tertiary/aromatic N) is 1. The van der Waals surface area contributed by atoms with Crippen LogP contribution in [0.1, 0.15) is 16.1 Å². The number of amides is 1. The van der Waals surface area contributed by atoms with Crippen molar-refractivity contribution in [2.75, 3.05) is 17.2 Å². The Morgan fingerprint density at radius 2 is 1.87 bits per heavy atom. The predicted molar refractivity (Wildman–Crippen MR) is 107 cm³/mol. The van der Waals surface area contributed by atoms with Gasteiger partial charge in [0, 0.05) is 23.7 Å². The Balaban J connectivity index is 1.25. The van der Waals surface area contributed by atoms with Gasteiger partial charge in [-0.3, -0.25) is 4.79 Å². The molecule has 3 aromatic rings. The molecule has 0 radical (unpaired) electrons. The number of fused-ring (bicyclic) bond motifs is 1. The highest BCUT2D eigenvalue weighted by Gasteiger charge is 2.43. The van der Waals surface area contributed by atoms with Crippen molar-refractivity contribution < 1.29 is 32.6 Å². The number of hydrogen-bond acceptors (Lipinski definition) is 8. The maximum absolute atomic E-state index is 13.0. The van der Waals surface area contributed by atoms with Gasteiger partial charge in [-0.25, -0.2) is 9.78 Å².